The number of ether oxygens (including phenoxy) is 1. The van der Waals surface area contributed by atoms with Gasteiger partial charge in [0, 0.05) is 12.5 Å². The second-order valence-electron chi connectivity index (χ2n) is 7.97. The maximum atomic E-state index is 12.9. The van der Waals surface area contributed by atoms with Gasteiger partial charge in [0.2, 0.25) is 5.91 Å². The number of sulfonamides is 1. The Bertz CT molecular complexity index is 891. The summed E-state index contributed by atoms with van der Waals surface area (Å²) in [6.45, 7) is 1.17. The molecular formula is C20H27N3O4S. The summed E-state index contributed by atoms with van der Waals surface area (Å²) < 4.78 is 33.4. The van der Waals surface area contributed by atoms with Gasteiger partial charge in [0.25, 0.3) is 10.0 Å². The van der Waals surface area contributed by atoms with Gasteiger partial charge < -0.3 is 15.4 Å². The molecule has 3 aliphatic rings. The molecule has 8 heteroatoms. The minimum Gasteiger partial charge on any atom is -0.491 e. The molecule has 0 unspecified atom stereocenters. The number of amides is 1. The number of likely N-dealkylation sites (tertiary alicyclic amines) is 1. The van der Waals surface area contributed by atoms with Crippen molar-refractivity contribution in [3.8, 4) is 5.75 Å². The van der Waals surface area contributed by atoms with Crippen LogP contribution in [0.3, 0.4) is 0 Å². The van der Waals surface area contributed by atoms with Crippen LogP contribution in [0.1, 0.15) is 56.1 Å². The maximum Gasteiger partial charge on any atom is 0.259 e. The lowest BCUT2D eigenvalue weighted by Gasteiger charge is -2.37. The lowest BCUT2D eigenvalue weighted by Crippen LogP contribution is -2.48. The Hall–Kier alpha value is -2.09. The molecule has 1 aliphatic carbocycles. The largest absolute Gasteiger partial charge is 0.491 e. The summed E-state index contributed by atoms with van der Waals surface area (Å²) in [5.74, 6) is 0.772. The van der Waals surface area contributed by atoms with Crippen molar-refractivity contribution in [3.05, 3.63) is 29.3 Å². The summed E-state index contributed by atoms with van der Waals surface area (Å²) in [6.07, 6.45) is 7.31. The van der Waals surface area contributed by atoms with E-state index in [1.807, 2.05) is 4.90 Å². The molecule has 4 rings (SSSR count). The summed E-state index contributed by atoms with van der Waals surface area (Å²) in [5, 5.41) is 0. The molecule has 28 heavy (non-hydrogen) atoms. The molecule has 152 valence electrons. The quantitative estimate of drug-likeness (QED) is 0.827. The third-order valence-electron chi connectivity index (χ3n) is 5.99. The molecule has 0 aromatic heterocycles. The molecule has 7 nitrogen and oxygen atoms in total. The van der Waals surface area contributed by atoms with Crippen molar-refractivity contribution in [3.63, 3.8) is 0 Å². The highest BCUT2D eigenvalue weighted by atomic mass is 32.2. The Kier molecular flexibility index (Phi) is 5.31. The first-order valence-corrected chi connectivity index (χ1v) is 11.7. The molecule has 0 radical (unpaired) electrons. The number of nitrogens with zero attached hydrogens (tertiary/aromatic N) is 2. The van der Waals surface area contributed by atoms with Crippen LogP contribution in [-0.4, -0.2) is 44.3 Å². The standard InChI is InChI=1S/C20H27N3O4S/c21-19-18-15(13-28(25,26)22-19)8-5-10-17(18)27-12-16-9-3-4-11-23(16)20(24)14-6-1-2-7-14/h5,8,10,14,16H,1-4,6-7,9,11-13H2,(H2,21,22)/t16-/m1/s1. The van der Waals surface area contributed by atoms with Gasteiger partial charge in [0.15, 0.2) is 0 Å². The van der Waals surface area contributed by atoms with E-state index in [0.29, 0.717) is 23.5 Å². The number of piperidine rings is 1. The molecule has 0 spiro atoms. The average Bonchev–Trinajstić information content (AvgIpc) is 3.19. The van der Waals surface area contributed by atoms with Crippen LogP contribution in [0.4, 0.5) is 0 Å². The summed E-state index contributed by atoms with van der Waals surface area (Å²) in [7, 11) is -3.57. The monoisotopic (exact) mass is 405 g/mol. The van der Waals surface area contributed by atoms with Crippen LogP contribution in [0.5, 0.6) is 5.75 Å². The number of rotatable bonds is 4. The summed E-state index contributed by atoms with van der Waals surface area (Å²) >= 11 is 0. The molecule has 2 aliphatic heterocycles. The van der Waals surface area contributed by atoms with Crippen molar-refractivity contribution in [2.45, 2.75) is 56.7 Å². The van der Waals surface area contributed by atoms with Crippen molar-refractivity contribution in [2.75, 3.05) is 13.2 Å². The van der Waals surface area contributed by atoms with Crippen molar-refractivity contribution in [1.29, 1.82) is 0 Å². The van der Waals surface area contributed by atoms with Gasteiger partial charge in [-0.2, -0.15) is 0 Å². The van der Waals surface area contributed by atoms with E-state index >= 15 is 0 Å². The van der Waals surface area contributed by atoms with Crippen LogP contribution in [-0.2, 0) is 20.6 Å². The SMILES string of the molecule is NC1=NS(=O)(=O)Cc2cccc(OC[C@H]3CCCCN3C(=O)C3CCCC3)c21. The van der Waals surface area contributed by atoms with Crippen molar-refractivity contribution < 1.29 is 17.9 Å². The van der Waals surface area contributed by atoms with E-state index < -0.39 is 10.0 Å². The van der Waals surface area contributed by atoms with Gasteiger partial charge in [0.1, 0.15) is 18.2 Å². The third-order valence-corrected chi connectivity index (χ3v) is 7.14. The minimum absolute atomic E-state index is 0.0283. The van der Waals surface area contributed by atoms with Crippen molar-refractivity contribution >= 4 is 21.8 Å². The summed E-state index contributed by atoms with van der Waals surface area (Å²) in [6, 6.07) is 5.33. The van der Waals surface area contributed by atoms with Crippen LogP contribution in [0.15, 0.2) is 22.6 Å². The fourth-order valence-electron chi connectivity index (χ4n) is 4.59. The Morgan fingerprint density at radius 3 is 2.71 bits per heavy atom. The Morgan fingerprint density at radius 2 is 1.93 bits per heavy atom. The van der Waals surface area contributed by atoms with Gasteiger partial charge in [-0.1, -0.05) is 25.0 Å². The molecule has 1 aromatic carbocycles. The van der Waals surface area contributed by atoms with E-state index in [1.165, 1.54) is 0 Å². The predicted octanol–water partition coefficient (Wildman–Crippen LogP) is 2.19. The molecular weight excluding hydrogens is 378 g/mol. The van der Waals surface area contributed by atoms with Crippen LogP contribution in [0, 0.1) is 5.92 Å². The molecule has 1 saturated carbocycles. The number of hydrogen-bond acceptors (Lipinski definition) is 5. The Labute approximate surface area is 166 Å². The van der Waals surface area contributed by atoms with Crippen LogP contribution in [0.2, 0.25) is 0 Å². The van der Waals surface area contributed by atoms with E-state index in [2.05, 4.69) is 4.40 Å². The van der Waals surface area contributed by atoms with Gasteiger partial charge in [-0.05, 0) is 43.7 Å². The molecule has 1 atom stereocenters. The van der Waals surface area contributed by atoms with Gasteiger partial charge in [-0.15, -0.1) is 4.40 Å². The fraction of sp³-hybridized carbons (Fsp3) is 0.600. The zero-order chi connectivity index (χ0) is 19.7. The zero-order valence-corrected chi connectivity index (χ0v) is 16.8. The van der Waals surface area contributed by atoms with E-state index in [0.717, 1.165) is 51.5 Å². The minimum atomic E-state index is -3.57. The summed E-state index contributed by atoms with van der Waals surface area (Å²) in [5.41, 5.74) is 7.08. The Morgan fingerprint density at radius 1 is 1.18 bits per heavy atom. The second-order valence-corrected chi connectivity index (χ2v) is 9.60. The average molecular weight is 406 g/mol. The highest BCUT2D eigenvalue weighted by molar-refractivity contribution is 7.89. The first kappa shape index (κ1) is 19.2. The number of hydrogen-bond donors (Lipinski definition) is 1. The molecule has 1 amide bonds. The highest BCUT2D eigenvalue weighted by Crippen LogP contribution is 2.31. The number of carbonyl (C=O) groups excluding carboxylic acids is 1. The molecule has 2 heterocycles. The predicted molar refractivity (Wildman–Crippen MR) is 107 cm³/mol. The van der Waals surface area contributed by atoms with Crippen molar-refractivity contribution in [1.82, 2.24) is 4.90 Å². The summed E-state index contributed by atoms with van der Waals surface area (Å²) in [4.78, 5) is 15.0. The topological polar surface area (TPSA) is 102 Å². The highest BCUT2D eigenvalue weighted by Gasteiger charge is 2.33. The number of nitrogens with two attached hydrogens (primary N) is 1. The van der Waals surface area contributed by atoms with Gasteiger partial charge in [0.05, 0.1) is 17.4 Å². The first-order chi connectivity index (χ1) is 13.4. The molecule has 1 aromatic rings. The zero-order valence-electron chi connectivity index (χ0n) is 16.0. The molecule has 0 bridgehead atoms. The lowest BCUT2D eigenvalue weighted by molar-refractivity contribution is -0.139. The van der Waals surface area contributed by atoms with E-state index in [1.54, 1.807) is 18.2 Å². The van der Waals surface area contributed by atoms with E-state index in [-0.39, 0.29) is 29.5 Å². The molecule has 1 saturated heterocycles. The smallest absolute Gasteiger partial charge is 0.259 e. The lowest BCUT2D eigenvalue weighted by atomic mass is 9.98. The second kappa shape index (κ2) is 7.73. The Balaban J connectivity index is 1.50. The number of benzene rings is 1. The van der Waals surface area contributed by atoms with Gasteiger partial charge in [-0.25, -0.2) is 8.42 Å². The van der Waals surface area contributed by atoms with Crippen molar-refractivity contribution in [2.24, 2.45) is 16.0 Å². The number of amidine groups is 1. The van der Waals surface area contributed by atoms with Gasteiger partial charge in [-0.3, -0.25) is 4.79 Å². The van der Waals surface area contributed by atoms with E-state index in [4.69, 9.17) is 10.5 Å². The maximum absolute atomic E-state index is 12.9. The van der Waals surface area contributed by atoms with Gasteiger partial charge >= 0.3 is 0 Å². The van der Waals surface area contributed by atoms with Crippen LogP contribution >= 0.6 is 0 Å². The first-order valence-electron chi connectivity index (χ1n) is 10.1. The number of carbonyl (C=O) groups is 1. The molecule has 2 fully saturated rings. The van der Waals surface area contributed by atoms with E-state index in [9.17, 15) is 13.2 Å². The normalized spacial score (nSPS) is 24.5. The fourth-order valence-corrected chi connectivity index (χ4v) is 5.68. The molecule has 2 N–H and O–H groups in total. The van der Waals surface area contributed by atoms with Crippen LogP contribution < -0.4 is 10.5 Å². The number of fused-ring (bicyclic) bond motifs is 1. The van der Waals surface area contributed by atoms with Crippen LogP contribution in [0.25, 0.3) is 0 Å². The third kappa shape index (κ3) is 3.87.